The van der Waals surface area contributed by atoms with E-state index in [1.807, 2.05) is 30.3 Å². The molecule has 1 aliphatic heterocycles. The smallest absolute Gasteiger partial charge is 0.237 e. The lowest BCUT2D eigenvalue weighted by molar-refractivity contribution is -0.125. The van der Waals surface area contributed by atoms with Crippen molar-refractivity contribution in [3.63, 3.8) is 0 Å². The first kappa shape index (κ1) is 13.8. The van der Waals surface area contributed by atoms with Crippen LogP contribution >= 0.6 is 0 Å². The maximum atomic E-state index is 12.1. The number of amides is 1. The largest absolute Gasteiger partial charge is 0.353 e. The second-order valence-electron chi connectivity index (χ2n) is 5.56. The summed E-state index contributed by atoms with van der Waals surface area (Å²) >= 11 is 0. The van der Waals surface area contributed by atoms with E-state index in [0.29, 0.717) is 6.54 Å². The van der Waals surface area contributed by atoms with Crippen LogP contribution in [0.25, 0.3) is 0 Å². The molecule has 0 bridgehead atoms. The number of benzene rings is 2. The molecule has 0 saturated carbocycles. The molecule has 3 rings (SSSR count). The third-order valence-electron chi connectivity index (χ3n) is 4.09. The lowest BCUT2D eigenvalue weighted by atomic mass is 9.96. The average molecular weight is 280 g/mol. The fourth-order valence-electron chi connectivity index (χ4n) is 2.81. The third kappa shape index (κ3) is 3.14. The Bertz CT molecular complexity index is 624. The highest BCUT2D eigenvalue weighted by Gasteiger charge is 2.28. The zero-order chi connectivity index (χ0) is 14.7. The molecule has 1 saturated heterocycles. The van der Waals surface area contributed by atoms with Crippen LogP contribution in [0.2, 0.25) is 0 Å². The van der Waals surface area contributed by atoms with Gasteiger partial charge in [0, 0.05) is 6.54 Å². The second-order valence-corrected chi connectivity index (χ2v) is 5.56. The number of carbonyl (C=O) groups excluding carboxylic acids is 1. The predicted molar refractivity (Wildman–Crippen MR) is 84.0 cm³/mol. The molecule has 2 N–H and O–H groups in total. The molecule has 2 aromatic rings. The van der Waals surface area contributed by atoms with E-state index < -0.39 is 0 Å². The van der Waals surface area contributed by atoms with Crippen molar-refractivity contribution < 1.29 is 4.79 Å². The molecule has 21 heavy (non-hydrogen) atoms. The molecule has 3 nitrogen and oxygen atoms in total. The van der Waals surface area contributed by atoms with Crippen LogP contribution in [0.3, 0.4) is 0 Å². The molecule has 0 spiro atoms. The van der Waals surface area contributed by atoms with Crippen molar-refractivity contribution in [1.82, 2.24) is 10.6 Å². The van der Waals surface area contributed by atoms with Gasteiger partial charge in [0.15, 0.2) is 0 Å². The number of hydrogen-bond donors (Lipinski definition) is 2. The van der Waals surface area contributed by atoms with Gasteiger partial charge in [0.1, 0.15) is 0 Å². The van der Waals surface area contributed by atoms with E-state index in [1.165, 1.54) is 16.7 Å². The molecule has 0 radical (unpaired) electrons. The van der Waals surface area contributed by atoms with Crippen molar-refractivity contribution in [2.24, 2.45) is 0 Å². The SMILES string of the molecule is Cc1ccccc1C[C@H]1N[C@@H](c2ccccc2)CNC1=O. The van der Waals surface area contributed by atoms with E-state index in [2.05, 4.69) is 41.8 Å². The minimum absolute atomic E-state index is 0.0884. The van der Waals surface area contributed by atoms with Crippen molar-refractivity contribution in [2.45, 2.75) is 25.4 Å². The van der Waals surface area contributed by atoms with E-state index in [0.717, 1.165) is 6.42 Å². The van der Waals surface area contributed by atoms with Crippen molar-refractivity contribution in [2.75, 3.05) is 6.54 Å². The molecule has 108 valence electrons. The van der Waals surface area contributed by atoms with Gasteiger partial charge in [-0.25, -0.2) is 0 Å². The highest BCUT2D eigenvalue weighted by Crippen LogP contribution is 2.18. The standard InChI is InChI=1S/C18H20N2O/c1-13-7-5-6-10-15(13)11-16-18(21)19-12-17(20-16)14-8-3-2-4-9-14/h2-10,16-17,20H,11-12H2,1H3,(H,19,21)/t16-,17-/m1/s1. The summed E-state index contributed by atoms with van der Waals surface area (Å²) in [6.07, 6.45) is 0.724. The van der Waals surface area contributed by atoms with Gasteiger partial charge < -0.3 is 5.32 Å². The van der Waals surface area contributed by atoms with E-state index >= 15 is 0 Å². The van der Waals surface area contributed by atoms with Gasteiger partial charge in [0.2, 0.25) is 5.91 Å². The summed E-state index contributed by atoms with van der Waals surface area (Å²) in [5.41, 5.74) is 3.67. The van der Waals surface area contributed by atoms with E-state index in [1.54, 1.807) is 0 Å². The first-order chi connectivity index (χ1) is 10.2. The van der Waals surface area contributed by atoms with Crippen molar-refractivity contribution in [3.05, 3.63) is 71.3 Å². The Kier molecular flexibility index (Phi) is 4.02. The minimum atomic E-state index is -0.176. The maximum absolute atomic E-state index is 12.1. The highest BCUT2D eigenvalue weighted by atomic mass is 16.2. The fourth-order valence-corrected chi connectivity index (χ4v) is 2.81. The van der Waals surface area contributed by atoms with Gasteiger partial charge in [-0.2, -0.15) is 0 Å². The molecule has 1 fully saturated rings. The third-order valence-corrected chi connectivity index (χ3v) is 4.09. The molecule has 2 atom stereocenters. The Morgan fingerprint density at radius 2 is 1.76 bits per heavy atom. The topological polar surface area (TPSA) is 41.1 Å². The van der Waals surface area contributed by atoms with Gasteiger partial charge in [-0.3, -0.25) is 10.1 Å². The van der Waals surface area contributed by atoms with Crippen molar-refractivity contribution in [1.29, 1.82) is 0 Å². The normalized spacial score (nSPS) is 21.9. The van der Waals surface area contributed by atoms with Crippen LogP contribution < -0.4 is 10.6 Å². The Morgan fingerprint density at radius 1 is 1.05 bits per heavy atom. The van der Waals surface area contributed by atoms with E-state index in [4.69, 9.17) is 0 Å². The molecule has 1 aliphatic rings. The van der Waals surface area contributed by atoms with Crippen LogP contribution in [-0.4, -0.2) is 18.5 Å². The Labute approximate surface area is 125 Å². The Balaban J connectivity index is 1.75. The maximum Gasteiger partial charge on any atom is 0.237 e. The van der Waals surface area contributed by atoms with Crippen molar-refractivity contribution >= 4 is 5.91 Å². The van der Waals surface area contributed by atoms with Gasteiger partial charge in [-0.05, 0) is 30.0 Å². The molecule has 0 unspecified atom stereocenters. The number of nitrogens with one attached hydrogen (secondary N) is 2. The molecule has 1 amide bonds. The molecule has 3 heteroatoms. The lowest BCUT2D eigenvalue weighted by Crippen LogP contribution is -2.55. The van der Waals surface area contributed by atoms with Gasteiger partial charge in [-0.1, -0.05) is 54.6 Å². The predicted octanol–water partition coefficient (Wildman–Crippen LogP) is 2.37. The Hall–Kier alpha value is -2.13. The molecule has 1 heterocycles. The molecule has 0 aliphatic carbocycles. The van der Waals surface area contributed by atoms with Gasteiger partial charge in [0.05, 0.1) is 12.1 Å². The van der Waals surface area contributed by atoms with Crippen LogP contribution in [0.1, 0.15) is 22.7 Å². The van der Waals surface area contributed by atoms with Crippen molar-refractivity contribution in [3.8, 4) is 0 Å². The summed E-state index contributed by atoms with van der Waals surface area (Å²) in [6, 6.07) is 18.5. The number of hydrogen-bond acceptors (Lipinski definition) is 2. The second kappa shape index (κ2) is 6.10. The summed E-state index contributed by atoms with van der Waals surface area (Å²) in [4.78, 5) is 12.1. The molecular formula is C18H20N2O. The number of carbonyl (C=O) groups is 1. The highest BCUT2D eigenvalue weighted by molar-refractivity contribution is 5.83. The monoisotopic (exact) mass is 280 g/mol. The van der Waals surface area contributed by atoms with Crippen LogP contribution in [0.5, 0.6) is 0 Å². The van der Waals surface area contributed by atoms with Crippen LogP contribution in [0, 0.1) is 6.92 Å². The Morgan fingerprint density at radius 3 is 2.52 bits per heavy atom. The van der Waals surface area contributed by atoms with E-state index in [9.17, 15) is 4.79 Å². The first-order valence-electron chi connectivity index (χ1n) is 7.37. The number of piperazine rings is 1. The molecule has 0 aromatic heterocycles. The van der Waals surface area contributed by atoms with Crippen LogP contribution in [-0.2, 0) is 11.2 Å². The van der Waals surface area contributed by atoms with Crippen LogP contribution in [0.15, 0.2) is 54.6 Å². The van der Waals surface area contributed by atoms with E-state index in [-0.39, 0.29) is 18.0 Å². The minimum Gasteiger partial charge on any atom is -0.353 e. The quantitative estimate of drug-likeness (QED) is 0.906. The number of aryl methyl sites for hydroxylation is 1. The fraction of sp³-hybridized carbons (Fsp3) is 0.278. The summed E-state index contributed by atoms with van der Waals surface area (Å²) < 4.78 is 0. The lowest BCUT2D eigenvalue weighted by Gasteiger charge is -2.31. The van der Waals surface area contributed by atoms with Gasteiger partial charge >= 0.3 is 0 Å². The summed E-state index contributed by atoms with van der Waals surface area (Å²) in [5, 5.41) is 6.50. The zero-order valence-corrected chi connectivity index (χ0v) is 12.2. The average Bonchev–Trinajstić information content (AvgIpc) is 2.52. The number of rotatable bonds is 3. The summed E-state index contributed by atoms with van der Waals surface area (Å²) in [7, 11) is 0. The first-order valence-corrected chi connectivity index (χ1v) is 7.37. The zero-order valence-electron chi connectivity index (χ0n) is 12.2. The van der Waals surface area contributed by atoms with Crippen LogP contribution in [0.4, 0.5) is 0 Å². The summed E-state index contributed by atoms with van der Waals surface area (Å²) in [6.45, 7) is 2.73. The van der Waals surface area contributed by atoms with Gasteiger partial charge in [0.25, 0.3) is 0 Å². The molecule has 2 aromatic carbocycles. The summed E-state index contributed by atoms with van der Waals surface area (Å²) in [5.74, 6) is 0.0884. The van der Waals surface area contributed by atoms with Gasteiger partial charge in [-0.15, -0.1) is 0 Å². The molecular weight excluding hydrogens is 260 g/mol.